The van der Waals surface area contributed by atoms with Crippen LogP contribution in [0.15, 0.2) is 12.1 Å². The average molecular weight is 279 g/mol. The van der Waals surface area contributed by atoms with Gasteiger partial charge in [-0.3, -0.25) is 0 Å². The van der Waals surface area contributed by atoms with Gasteiger partial charge < -0.3 is 10.5 Å². The highest BCUT2D eigenvalue weighted by atomic mass is 19.1. The van der Waals surface area contributed by atoms with Gasteiger partial charge in [0.1, 0.15) is 5.82 Å². The number of hydrogen-bond acceptors (Lipinski definition) is 5. The van der Waals surface area contributed by atoms with Gasteiger partial charge in [-0.2, -0.15) is 0 Å². The fraction of sp³-hybridized carbons (Fsp3) is 0.462. The molecule has 20 heavy (non-hydrogen) atoms. The molecule has 0 saturated heterocycles. The monoisotopic (exact) mass is 279 g/mol. The lowest BCUT2D eigenvalue weighted by Gasteiger charge is -2.09. The number of nitrogens with two attached hydrogens (primary N) is 1. The van der Waals surface area contributed by atoms with E-state index in [9.17, 15) is 4.39 Å². The van der Waals surface area contributed by atoms with Crippen LogP contribution in [0.25, 0.3) is 11.4 Å². The lowest BCUT2D eigenvalue weighted by molar-refractivity contribution is 0.0709. The van der Waals surface area contributed by atoms with E-state index in [-0.39, 0.29) is 11.9 Å². The molecule has 0 bridgehead atoms. The molecule has 0 amide bonds. The van der Waals surface area contributed by atoms with Crippen molar-refractivity contribution in [2.24, 2.45) is 0 Å². The number of hydrogen-bond donors (Lipinski definition) is 1. The van der Waals surface area contributed by atoms with Crippen molar-refractivity contribution >= 4 is 5.69 Å². The van der Waals surface area contributed by atoms with Crippen LogP contribution in [0.4, 0.5) is 10.1 Å². The second-order valence-corrected chi connectivity index (χ2v) is 4.82. The molecule has 0 atom stereocenters. The quantitative estimate of drug-likeness (QED) is 0.844. The molecule has 6 nitrogen and oxygen atoms in total. The lowest BCUT2D eigenvalue weighted by atomic mass is 10.1. The highest BCUT2D eigenvalue weighted by Gasteiger charge is 2.13. The molecule has 0 saturated carbocycles. The Morgan fingerprint density at radius 1 is 1.40 bits per heavy atom. The summed E-state index contributed by atoms with van der Waals surface area (Å²) in [7, 11) is 0. The maximum absolute atomic E-state index is 13.7. The minimum atomic E-state index is -0.368. The summed E-state index contributed by atoms with van der Waals surface area (Å²) >= 11 is 0. The van der Waals surface area contributed by atoms with Crippen molar-refractivity contribution in [3.63, 3.8) is 0 Å². The van der Waals surface area contributed by atoms with E-state index in [1.165, 1.54) is 6.07 Å². The third-order valence-electron chi connectivity index (χ3n) is 2.93. The first-order chi connectivity index (χ1) is 9.49. The highest BCUT2D eigenvalue weighted by molar-refractivity contribution is 5.63. The predicted molar refractivity (Wildman–Crippen MR) is 73.4 cm³/mol. The Hall–Kier alpha value is -2.02. The summed E-state index contributed by atoms with van der Waals surface area (Å²) in [5.41, 5.74) is 7.14. The van der Waals surface area contributed by atoms with Gasteiger partial charge in [0, 0.05) is 16.8 Å². The molecule has 1 aromatic heterocycles. The number of ether oxygens (including phenoxy) is 1. The third-order valence-corrected chi connectivity index (χ3v) is 2.93. The zero-order chi connectivity index (χ0) is 14.7. The fourth-order valence-electron chi connectivity index (χ4n) is 1.77. The highest BCUT2D eigenvalue weighted by Crippen LogP contribution is 2.24. The van der Waals surface area contributed by atoms with Crippen molar-refractivity contribution in [2.45, 2.75) is 33.4 Å². The van der Waals surface area contributed by atoms with Crippen LogP contribution in [-0.2, 0) is 11.3 Å². The van der Waals surface area contributed by atoms with Crippen molar-refractivity contribution in [3.8, 4) is 11.4 Å². The topological polar surface area (TPSA) is 78.9 Å². The maximum atomic E-state index is 13.7. The molecule has 2 rings (SSSR count). The Morgan fingerprint density at radius 2 is 2.15 bits per heavy atom. The van der Waals surface area contributed by atoms with Gasteiger partial charge in [0.15, 0.2) is 5.82 Å². The van der Waals surface area contributed by atoms with Crippen LogP contribution in [0, 0.1) is 12.7 Å². The number of nitrogens with zero attached hydrogens (tertiary/aromatic N) is 4. The molecular formula is C13H18FN5O. The molecule has 0 aliphatic rings. The number of halogens is 1. The summed E-state index contributed by atoms with van der Waals surface area (Å²) in [6.45, 7) is 6.52. The van der Waals surface area contributed by atoms with Gasteiger partial charge in [-0.1, -0.05) is 0 Å². The Morgan fingerprint density at radius 3 is 2.80 bits per heavy atom. The number of rotatable bonds is 5. The fourth-order valence-corrected chi connectivity index (χ4v) is 1.77. The van der Waals surface area contributed by atoms with Crippen LogP contribution < -0.4 is 5.73 Å². The molecule has 0 spiro atoms. The maximum Gasteiger partial charge on any atom is 0.182 e. The molecule has 1 heterocycles. The van der Waals surface area contributed by atoms with E-state index in [1.807, 2.05) is 13.8 Å². The first-order valence-corrected chi connectivity index (χ1v) is 6.42. The molecule has 0 radical (unpaired) electrons. The second kappa shape index (κ2) is 5.96. The van der Waals surface area contributed by atoms with E-state index in [4.69, 9.17) is 10.5 Å². The van der Waals surface area contributed by atoms with Crippen LogP contribution in [0.3, 0.4) is 0 Å². The Labute approximate surface area is 116 Å². The van der Waals surface area contributed by atoms with Gasteiger partial charge in [0.05, 0.1) is 19.3 Å². The third kappa shape index (κ3) is 3.11. The molecule has 1 aromatic carbocycles. The first-order valence-electron chi connectivity index (χ1n) is 6.42. The van der Waals surface area contributed by atoms with Crippen LogP contribution in [-0.4, -0.2) is 32.9 Å². The summed E-state index contributed by atoms with van der Waals surface area (Å²) in [5, 5.41) is 11.4. The average Bonchev–Trinajstić information content (AvgIpc) is 2.83. The van der Waals surface area contributed by atoms with E-state index < -0.39 is 0 Å². The zero-order valence-corrected chi connectivity index (χ0v) is 11.8. The summed E-state index contributed by atoms with van der Waals surface area (Å²) in [5.74, 6) is 0.107. The van der Waals surface area contributed by atoms with E-state index >= 15 is 0 Å². The smallest absolute Gasteiger partial charge is 0.182 e. The van der Waals surface area contributed by atoms with Gasteiger partial charge in [0.25, 0.3) is 0 Å². The summed E-state index contributed by atoms with van der Waals surface area (Å²) < 4.78 is 20.8. The van der Waals surface area contributed by atoms with Crippen molar-refractivity contribution in [3.05, 3.63) is 23.5 Å². The number of tetrazole rings is 1. The molecule has 0 aliphatic heterocycles. The second-order valence-electron chi connectivity index (χ2n) is 4.82. The molecule has 0 unspecified atom stereocenters. The molecule has 0 aliphatic carbocycles. The number of aromatic nitrogens is 4. The van der Waals surface area contributed by atoms with Crippen molar-refractivity contribution in [1.29, 1.82) is 0 Å². The summed E-state index contributed by atoms with van der Waals surface area (Å²) in [6.07, 6.45) is 0.141. The van der Waals surface area contributed by atoms with E-state index in [0.717, 1.165) is 0 Å². The Kier molecular flexibility index (Phi) is 4.29. The van der Waals surface area contributed by atoms with E-state index in [1.54, 1.807) is 17.7 Å². The Bertz CT molecular complexity index is 573. The van der Waals surface area contributed by atoms with Gasteiger partial charge in [-0.25, -0.2) is 9.07 Å². The lowest BCUT2D eigenvalue weighted by Crippen LogP contribution is -2.12. The summed E-state index contributed by atoms with van der Waals surface area (Å²) in [6, 6.07) is 3.06. The SMILES string of the molecule is Cc1c(N)cc(-c2nnnn2CCOC(C)C)cc1F. The number of anilines is 1. The van der Waals surface area contributed by atoms with Crippen LogP contribution in [0.2, 0.25) is 0 Å². The minimum Gasteiger partial charge on any atom is -0.398 e. The van der Waals surface area contributed by atoms with Crippen LogP contribution in [0.1, 0.15) is 19.4 Å². The largest absolute Gasteiger partial charge is 0.398 e. The van der Waals surface area contributed by atoms with E-state index in [2.05, 4.69) is 15.5 Å². The van der Waals surface area contributed by atoms with Gasteiger partial charge in [-0.05, 0) is 43.3 Å². The van der Waals surface area contributed by atoms with Crippen LogP contribution in [0.5, 0.6) is 0 Å². The first kappa shape index (κ1) is 14.4. The van der Waals surface area contributed by atoms with Gasteiger partial charge in [0.2, 0.25) is 0 Å². The molecule has 0 fully saturated rings. The molecule has 108 valence electrons. The molecule has 2 N–H and O–H groups in total. The van der Waals surface area contributed by atoms with Gasteiger partial charge >= 0.3 is 0 Å². The van der Waals surface area contributed by atoms with Crippen LogP contribution >= 0.6 is 0 Å². The molecular weight excluding hydrogens is 261 g/mol. The van der Waals surface area contributed by atoms with Gasteiger partial charge in [-0.15, -0.1) is 5.10 Å². The predicted octanol–water partition coefficient (Wildman–Crippen LogP) is 1.79. The zero-order valence-electron chi connectivity index (χ0n) is 11.8. The Balaban J connectivity index is 2.23. The molecule has 2 aromatic rings. The number of benzene rings is 1. The number of nitrogen functional groups attached to an aromatic ring is 1. The van der Waals surface area contributed by atoms with Crippen molar-refractivity contribution in [2.75, 3.05) is 12.3 Å². The summed E-state index contributed by atoms with van der Waals surface area (Å²) in [4.78, 5) is 0. The van der Waals surface area contributed by atoms with Crippen molar-refractivity contribution in [1.82, 2.24) is 20.2 Å². The standard InChI is InChI=1S/C13H18FN5O/c1-8(2)20-5-4-19-13(16-17-18-19)10-6-11(14)9(3)12(15)7-10/h6-8H,4-5,15H2,1-3H3. The van der Waals surface area contributed by atoms with E-state index in [0.29, 0.717) is 35.8 Å². The molecule has 7 heteroatoms. The minimum absolute atomic E-state index is 0.141. The van der Waals surface area contributed by atoms with Crippen molar-refractivity contribution < 1.29 is 9.13 Å². The normalized spacial score (nSPS) is 11.2.